The van der Waals surface area contributed by atoms with E-state index >= 15 is 0 Å². The van der Waals surface area contributed by atoms with Crippen LogP contribution in [-0.4, -0.2) is 32.4 Å². The molecule has 106 valence electrons. The molecule has 1 aliphatic heterocycles. The Morgan fingerprint density at radius 2 is 2.21 bits per heavy atom. The summed E-state index contributed by atoms with van der Waals surface area (Å²) in [6.07, 6.45) is 2.39. The molecule has 2 atom stereocenters. The van der Waals surface area contributed by atoms with Crippen LogP contribution in [0.3, 0.4) is 0 Å². The number of benzene rings is 1. The lowest BCUT2D eigenvalue weighted by molar-refractivity contribution is -0.0163. The second kappa shape index (κ2) is 7.85. The van der Waals surface area contributed by atoms with E-state index in [1.54, 1.807) is 0 Å². The topological polar surface area (TPSA) is 30.5 Å². The molecule has 0 bridgehead atoms. The average Bonchev–Trinajstić information content (AvgIpc) is 2.92. The van der Waals surface area contributed by atoms with E-state index in [0.29, 0.717) is 6.61 Å². The van der Waals surface area contributed by atoms with Crippen LogP contribution in [0.15, 0.2) is 24.3 Å². The maximum Gasteiger partial charge on any atom is 0.0954 e. The van der Waals surface area contributed by atoms with Crippen LogP contribution in [0.5, 0.6) is 0 Å². The van der Waals surface area contributed by atoms with Crippen LogP contribution in [0, 0.1) is 0 Å². The van der Waals surface area contributed by atoms with Crippen LogP contribution in [0.25, 0.3) is 0 Å². The lowest BCUT2D eigenvalue weighted by Crippen LogP contribution is -2.27. The second-order valence-electron chi connectivity index (χ2n) is 4.87. The van der Waals surface area contributed by atoms with Crippen molar-refractivity contribution in [3.63, 3.8) is 0 Å². The van der Waals surface area contributed by atoms with Crippen LogP contribution < -0.4 is 5.32 Å². The summed E-state index contributed by atoms with van der Waals surface area (Å²) in [5.74, 6) is 0. The summed E-state index contributed by atoms with van der Waals surface area (Å²) < 4.78 is 11.5. The molecule has 0 aliphatic carbocycles. The van der Waals surface area contributed by atoms with E-state index in [0.717, 1.165) is 37.6 Å². The van der Waals surface area contributed by atoms with Crippen molar-refractivity contribution >= 4 is 11.6 Å². The molecular formula is C15H22ClNO2. The van der Waals surface area contributed by atoms with Crippen molar-refractivity contribution in [2.75, 3.05) is 26.3 Å². The molecule has 4 heteroatoms. The van der Waals surface area contributed by atoms with Gasteiger partial charge in [0.15, 0.2) is 0 Å². The Morgan fingerprint density at radius 1 is 1.42 bits per heavy atom. The molecule has 2 rings (SSSR count). The van der Waals surface area contributed by atoms with Gasteiger partial charge in [-0.25, -0.2) is 0 Å². The summed E-state index contributed by atoms with van der Waals surface area (Å²) in [4.78, 5) is 0. The molecule has 0 radical (unpaired) electrons. The fourth-order valence-electron chi connectivity index (χ4n) is 2.18. The Kier molecular flexibility index (Phi) is 6.11. The molecule has 0 spiro atoms. The molecule has 1 heterocycles. The van der Waals surface area contributed by atoms with Crippen molar-refractivity contribution < 1.29 is 9.47 Å². The molecule has 1 aliphatic rings. The number of hydrogen-bond acceptors (Lipinski definition) is 3. The molecule has 3 nitrogen and oxygen atoms in total. The molecule has 1 saturated heterocycles. The number of nitrogens with one attached hydrogen (secondary N) is 1. The zero-order valence-electron chi connectivity index (χ0n) is 11.4. The lowest BCUT2D eigenvalue weighted by Gasteiger charge is -2.22. The first-order valence-electron chi connectivity index (χ1n) is 6.99. The number of halogens is 1. The highest BCUT2D eigenvalue weighted by Crippen LogP contribution is 2.23. The minimum absolute atomic E-state index is 0.0653. The summed E-state index contributed by atoms with van der Waals surface area (Å²) in [7, 11) is 0. The molecular weight excluding hydrogens is 262 g/mol. The first-order chi connectivity index (χ1) is 9.29. The van der Waals surface area contributed by atoms with Crippen molar-refractivity contribution in [1.82, 2.24) is 5.32 Å². The zero-order chi connectivity index (χ0) is 13.5. The number of ether oxygens (including phenoxy) is 2. The third kappa shape index (κ3) is 4.77. The van der Waals surface area contributed by atoms with E-state index in [-0.39, 0.29) is 12.2 Å². The summed E-state index contributed by atoms with van der Waals surface area (Å²) in [6.45, 7) is 5.51. The largest absolute Gasteiger partial charge is 0.379 e. The standard InChI is InChI=1S/C15H22ClNO2/c1-2-8-17-10-15(19-14-7-9-18-11-14)12-3-5-13(16)6-4-12/h3-6,14-15,17H,2,7-11H2,1H3. The zero-order valence-corrected chi connectivity index (χ0v) is 12.2. The Balaban J connectivity index is 1.97. The van der Waals surface area contributed by atoms with Crippen molar-refractivity contribution in [2.45, 2.75) is 32.0 Å². The van der Waals surface area contributed by atoms with Crippen LogP contribution in [0.4, 0.5) is 0 Å². The van der Waals surface area contributed by atoms with Gasteiger partial charge in [0.25, 0.3) is 0 Å². The SMILES string of the molecule is CCCNCC(OC1CCOC1)c1ccc(Cl)cc1. The number of hydrogen-bond donors (Lipinski definition) is 1. The molecule has 1 aromatic rings. The summed E-state index contributed by atoms with van der Waals surface area (Å²) in [5, 5.41) is 4.18. The Hall–Kier alpha value is -0.610. The quantitative estimate of drug-likeness (QED) is 0.780. The van der Waals surface area contributed by atoms with Crippen molar-refractivity contribution in [3.05, 3.63) is 34.9 Å². The minimum atomic E-state index is 0.0653. The fraction of sp³-hybridized carbons (Fsp3) is 0.600. The van der Waals surface area contributed by atoms with Crippen molar-refractivity contribution in [2.24, 2.45) is 0 Å². The second-order valence-corrected chi connectivity index (χ2v) is 5.30. The van der Waals surface area contributed by atoms with Gasteiger partial charge in [-0.15, -0.1) is 0 Å². The van der Waals surface area contributed by atoms with Gasteiger partial charge in [-0.1, -0.05) is 30.7 Å². The van der Waals surface area contributed by atoms with Gasteiger partial charge >= 0.3 is 0 Å². The van der Waals surface area contributed by atoms with E-state index < -0.39 is 0 Å². The van der Waals surface area contributed by atoms with Gasteiger partial charge in [0.1, 0.15) is 0 Å². The predicted molar refractivity (Wildman–Crippen MR) is 77.7 cm³/mol. The first kappa shape index (κ1) is 14.8. The molecule has 0 amide bonds. The van der Waals surface area contributed by atoms with Crippen LogP contribution >= 0.6 is 11.6 Å². The third-order valence-electron chi connectivity index (χ3n) is 3.24. The molecule has 1 fully saturated rings. The van der Waals surface area contributed by atoms with E-state index in [1.165, 1.54) is 5.56 Å². The molecule has 1 aromatic carbocycles. The van der Waals surface area contributed by atoms with E-state index in [2.05, 4.69) is 12.2 Å². The molecule has 19 heavy (non-hydrogen) atoms. The number of rotatable bonds is 7. The normalized spacial score (nSPS) is 20.6. The maximum absolute atomic E-state index is 6.15. The highest BCUT2D eigenvalue weighted by atomic mass is 35.5. The molecule has 1 N–H and O–H groups in total. The monoisotopic (exact) mass is 283 g/mol. The van der Waals surface area contributed by atoms with E-state index in [9.17, 15) is 0 Å². The Bertz CT molecular complexity index is 363. The fourth-order valence-corrected chi connectivity index (χ4v) is 2.31. The summed E-state index contributed by atoms with van der Waals surface area (Å²) >= 11 is 5.94. The first-order valence-corrected chi connectivity index (χ1v) is 7.36. The van der Waals surface area contributed by atoms with Gasteiger partial charge in [-0.3, -0.25) is 0 Å². The molecule has 0 saturated carbocycles. The van der Waals surface area contributed by atoms with Gasteiger partial charge < -0.3 is 14.8 Å². The van der Waals surface area contributed by atoms with Gasteiger partial charge in [0, 0.05) is 18.2 Å². The van der Waals surface area contributed by atoms with Crippen molar-refractivity contribution in [1.29, 1.82) is 0 Å². The Labute approximate surface area is 120 Å². The van der Waals surface area contributed by atoms with Gasteiger partial charge in [0.05, 0.1) is 18.8 Å². The van der Waals surface area contributed by atoms with Crippen LogP contribution in [-0.2, 0) is 9.47 Å². The Morgan fingerprint density at radius 3 is 2.84 bits per heavy atom. The summed E-state index contributed by atoms with van der Waals surface area (Å²) in [5.41, 5.74) is 1.17. The van der Waals surface area contributed by atoms with Crippen LogP contribution in [0.2, 0.25) is 5.02 Å². The molecule has 2 unspecified atom stereocenters. The summed E-state index contributed by atoms with van der Waals surface area (Å²) in [6, 6.07) is 7.91. The van der Waals surface area contributed by atoms with Crippen molar-refractivity contribution in [3.8, 4) is 0 Å². The highest BCUT2D eigenvalue weighted by molar-refractivity contribution is 6.30. The highest BCUT2D eigenvalue weighted by Gasteiger charge is 2.22. The van der Waals surface area contributed by atoms with E-state index in [1.807, 2.05) is 24.3 Å². The molecule has 0 aromatic heterocycles. The van der Waals surface area contributed by atoms with Gasteiger partial charge in [-0.2, -0.15) is 0 Å². The minimum Gasteiger partial charge on any atom is -0.379 e. The smallest absolute Gasteiger partial charge is 0.0954 e. The van der Waals surface area contributed by atoms with Gasteiger partial charge in [-0.05, 0) is 37.1 Å². The third-order valence-corrected chi connectivity index (χ3v) is 3.49. The van der Waals surface area contributed by atoms with Crippen LogP contribution in [0.1, 0.15) is 31.4 Å². The van der Waals surface area contributed by atoms with Gasteiger partial charge in [0.2, 0.25) is 0 Å². The predicted octanol–water partition coefficient (Wildman–Crippen LogP) is 3.19. The maximum atomic E-state index is 6.15. The van der Waals surface area contributed by atoms with E-state index in [4.69, 9.17) is 21.1 Å². The lowest BCUT2D eigenvalue weighted by atomic mass is 10.1. The average molecular weight is 284 g/mol.